The lowest BCUT2D eigenvalue weighted by Crippen LogP contribution is -2.26. The lowest BCUT2D eigenvalue weighted by molar-refractivity contribution is 0.0949. The van der Waals surface area contributed by atoms with E-state index < -0.39 is 0 Å². The van der Waals surface area contributed by atoms with Crippen molar-refractivity contribution in [1.29, 1.82) is 0 Å². The number of thiazole rings is 1. The van der Waals surface area contributed by atoms with Crippen molar-refractivity contribution in [1.82, 2.24) is 15.3 Å². The van der Waals surface area contributed by atoms with Crippen LogP contribution >= 0.6 is 11.3 Å². The van der Waals surface area contributed by atoms with Gasteiger partial charge in [-0.25, -0.2) is 0 Å². The summed E-state index contributed by atoms with van der Waals surface area (Å²) in [7, 11) is 0. The van der Waals surface area contributed by atoms with E-state index in [1.165, 1.54) is 5.38 Å². The third-order valence-corrected chi connectivity index (χ3v) is 2.83. The van der Waals surface area contributed by atoms with E-state index in [0.717, 1.165) is 17.0 Å². The Hall–Kier alpha value is -1.95. The molecule has 0 saturated heterocycles. The SMILES string of the molecule is O=C(NCCc1ccccn1)c1csc(=O)[nH]1. The smallest absolute Gasteiger partial charge is 0.305 e. The molecule has 0 fully saturated rings. The average molecular weight is 249 g/mol. The molecular formula is C11H11N3O2S. The number of carbonyl (C=O) groups excluding carboxylic acids is 1. The molecule has 5 nitrogen and oxygen atoms in total. The van der Waals surface area contributed by atoms with Crippen LogP contribution in [0, 0.1) is 0 Å². The van der Waals surface area contributed by atoms with Gasteiger partial charge in [-0.2, -0.15) is 0 Å². The van der Waals surface area contributed by atoms with Gasteiger partial charge in [-0.3, -0.25) is 14.6 Å². The van der Waals surface area contributed by atoms with E-state index >= 15 is 0 Å². The molecule has 0 bridgehead atoms. The molecule has 2 aromatic rings. The average Bonchev–Trinajstić information content (AvgIpc) is 2.77. The number of nitrogens with one attached hydrogen (secondary N) is 2. The largest absolute Gasteiger partial charge is 0.350 e. The van der Waals surface area contributed by atoms with Gasteiger partial charge in [0, 0.05) is 30.2 Å². The van der Waals surface area contributed by atoms with Crippen LogP contribution in [0.3, 0.4) is 0 Å². The number of hydrogen-bond acceptors (Lipinski definition) is 4. The van der Waals surface area contributed by atoms with Crippen LogP contribution in [0.5, 0.6) is 0 Å². The molecule has 88 valence electrons. The third kappa shape index (κ3) is 3.25. The lowest BCUT2D eigenvalue weighted by Gasteiger charge is -2.02. The van der Waals surface area contributed by atoms with E-state index in [2.05, 4.69) is 15.3 Å². The van der Waals surface area contributed by atoms with Crippen molar-refractivity contribution in [2.75, 3.05) is 6.54 Å². The van der Waals surface area contributed by atoms with Gasteiger partial charge < -0.3 is 10.3 Å². The number of pyridine rings is 1. The Balaban J connectivity index is 1.83. The summed E-state index contributed by atoms with van der Waals surface area (Å²) in [5, 5.41) is 4.23. The van der Waals surface area contributed by atoms with Gasteiger partial charge in [0.1, 0.15) is 5.69 Å². The molecular weight excluding hydrogens is 238 g/mol. The fourth-order valence-electron chi connectivity index (χ4n) is 1.34. The molecule has 0 spiro atoms. The summed E-state index contributed by atoms with van der Waals surface area (Å²) in [5.41, 5.74) is 1.23. The van der Waals surface area contributed by atoms with Crippen molar-refractivity contribution in [2.24, 2.45) is 0 Å². The normalized spacial score (nSPS) is 10.1. The van der Waals surface area contributed by atoms with Crippen LogP contribution in [0.15, 0.2) is 34.6 Å². The number of rotatable bonds is 4. The van der Waals surface area contributed by atoms with Crippen LogP contribution in [0.2, 0.25) is 0 Å². The van der Waals surface area contributed by atoms with Crippen molar-refractivity contribution in [3.8, 4) is 0 Å². The fraction of sp³-hybridized carbons (Fsp3) is 0.182. The summed E-state index contributed by atoms with van der Waals surface area (Å²) in [4.78, 5) is 28.8. The molecule has 17 heavy (non-hydrogen) atoms. The molecule has 0 aliphatic rings. The van der Waals surface area contributed by atoms with Gasteiger partial charge >= 0.3 is 4.87 Å². The maximum absolute atomic E-state index is 11.6. The molecule has 0 radical (unpaired) electrons. The number of H-pyrrole nitrogens is 1. The number of aromatic amines is 1. The van der Waals surface area contributed by atoms with Crippen molar-refractivity contribution in [3.63, 3.8) is 0 Å². The number of nitrogens with zero attached hydrogens (tertiary/aromatic N) is 1. The van der Waals surface area contributed by atoms with Crippen LogP contribution in [0.1, 0.15) is 16.2 Å². The molecule has 0 aliphatic carbocycles. The standard InChI is InChI=1S/C11H11N3O2S/c15-10(9-7-17-11(16)14-9)13-6-4-8-3-1-2-5-12-8/h1-3,5,7H,4,6H2,(H,13,15)(H,14,16). The molecule has 0 aromatic carbocycles. The Kier molecular flexibility index (Phi) is 3.66. The summed E-state index contributed by atoms with van der Waals surface area (Å²) >= 11 is 0.978. The zero-order chi connectivity index (χ0) is 12.1. The quantitative estimate of drug-likeness (QED) is 0.841. The van der Waals surface area contributed by atoms with Crippen molar-refractivity contribution in [3.05, 3.63) is 50.8 Å². The van der Waals surface area contributed by atoms with Crippen molar-refractivity contribution in [2.45, 2.75) is 6.42 Å². The molecule has 2 N–H and O–H groups in total. The van der Waals surface area contributed by atoms with Crippen LogP contribution in [-0.4, -0.2) is 22.4 Å². The first-order valence-corrected chi connectivity index (χ1v) is 5.99. The summed E-state index contributed by atoms with van der Waals surface area (Å²) in [6, 6.07) is 5.65. The van der Waals surface area contributed by atoms with Gasteiger partial charge in [-0.05, 0) is 12.1 Å². The molecule has 0 saturated carbocycles. The van der Waals surface area contributed by atoms with E-state index in [0.29, 0.717) is 18.7 Å². The summed E-state index contributed by atoms with van der Waals surface area (Å²) in [6.45, 7) is 0.494. The van der Waals surface area contributed by atoms with Gasteiger partial charge in [0.2, 0.25) is 0 Å². The van der Waals surface area contributed by atoms with Gasteiger partial charge in [0.05, 0.1) is 0 Å². The van der Waals surface area contributed by atoms with Crippen LogP contribution in [0.4, 0.5) is 0 Å². The highest BCUT2D eigenvalue weighted by atomic mass is 32.1. The molecule has 1 amide bonds. The van der Waals surface area contributed by atoms with Crippen LogP contribution in [0.25, 0.3) is 0 Å². The molecule has 0 aliphatic heterocycles. The van der Waals surface area contributed by atoms with E-state index in [4.69, 9.17) is 0 Å². The zero-order valence-electron chi connectivity index (χ0n) is 8.97. The third-order valence-electron chi connectivity index (χ3n) is 2.16. The second-order valence-electron chi connectivity index (χ2n) is 3.39. The lowest BCUT2D eigenvalue weighted by atomic mass is 10.2. The fourth-order valence-corrected chi connectivity index (χ4v) is 1.90. The van der Waals surface area contributed by atoms with E-state index in [9.17, 15) is 9.59 Å². The topological polar surface area (TPSA) is 74.8 Å². The van der Waals surface area contributed by atoms with Crippen molar-refractivity contribution < 1.29 is 4.79 Å². The minimum absolute atomic E-state index is 0.222. The first kappa shape index (κ1) is 11.5. The second-order valence-corrected chi connectivity index (χ2v) is 4.23. The molecule has 2 rings (SSSR count). The first-order chi connectivity index (χ1) is 8.25. The highest BCUT2D eigenvalue weighted by Crippen LogP contribution is 1.96. The monoisotopic (exact) mass is 249 g/mol. The Morgan fingerprint density at radius 1 is 1.47 bits per heavy atom. The number of hydrogen-bond donors (Lipinski definition) is 2. The molecule has 2 heterocycles. The predicted molar refractivity (Wildman–Crippen MR) is 65.2 cm³/mol. The number of amides is 1. The molecule has 2 aromatic heterocycles. The minimum atomic E-state index is -0.265. The van der Waals surface area contributed by atoms with Gasteiger partial charge in [-0.1, -0.05) is 17.4 Å². The second kappa shape index (κ2) is 5.40. The predicted octanol–water partition coefficient (Wildman–Crippen LogP) is 0.804. The highest BCUT2D eigenvalue weighted by Gasteiger charge is 2.06. The van der Waals surface area contributed by atoms with E-state index in [-0.39, 0.29) is 10.8 Å². The number of carbonyl (C=O) groups is 1. The Labute approximate surface area is 102 Å². The van der Waals surface area contributed by atoms with Gasteiger partial charge in [0.15, 0.2) is 0 Å². The van der Waals surface area contributed by atoms with Crippen molar-refractivity contribution >= 4 is 17.2 Å². The van der Waals surface area contributed by atoms with E-state index in [1.807, 2.05) is 18.2 Å². The van der Waals surface area contributed by atoms with E-state index in [1.54, 1.807) is 6.20 Å². The highest BCUT2D eigenvalue weighted by molar-refractivity contribution is 7.07. The molecule has 0 atom stereocenters. The van der Waals surface area contributed by atoms with Gasteiger partial charge in [-0.15, -0.1) is 0 Å². The molecule has 0 unspecified atom stereocenters. The minimum Gasteiger partial charge on any atom is -0.350 e. The number of aromatic nitrogens is 2. The first-order valence-electron chi connectivity index (χ1n) is 5.11. The summed E-state index contributed by atoms with van der Waals surface area (Å²) in [6.07, 6.45) is 2.38. The maximum atomic E-state index is 11.6. The Morgan fingerprint density at radius 2 is 2.35 bits per heavy atom. The Bertz CT molecular complexity index is 547. The summed E-state index contributed by atoms with van der Waals surface area (Å²) in [5.74, 6) is -0.265. The van der Waals surface area contributed by atoms with Crippen LogP contribution in [-0.2, 0) is 6.42 Å². The maximum Gasteiger partial charge on any atom is 0.305 e. The summed E-state index contributed by atoms with van der Waals surface area (Å²) < 4.78 is 0. The van der Waals surface area contributed by atoms with Crippen LogP contribution < -0.4 is 10.2 Å². The zero-order valence-corrected chi connectivity index (χ0v) is 9.79. The van der Waals surface area contributed by atoms with Gasteiger partial charge in [0.25, 0.3) is 5.91 Å². The molecule has 6 heteroatoms. The Morgan fingerprint density at radius 3 is 3.00 bits per heavy atom.